The molecule has 1 aromatic rings. The first-order valence-corrected chi connectivity index (χ1v) is 3.93. The molecule has 0 saturated carbocycles. The van der Waals surface area contributed by atoms with Crippen LogP contribution in [0.25, 0.3) is 0 Å². The summed E-state index contributed by atoms with van der Waals surface area (Å²) in [7, 11) is 0. The summed E-state index contributed by atoms with van der Waals surface area (Å²) in [4.78, 5) is 0. The quantitative estimate of drug-likeness (QED) is 0.541. The summed E-state index contributed by atoms with van der Waals surface area (Å²) in [5, 5.41) is 18.6. The third kappa shape index (κ3) is 1.24. The molecule has 0 aliphatic carbocycles. The van der Waals surface area contributed by atoms with Crippen molar-refractivity contribution < 1.29 is 10.2 Å². The van der Waals surface area contributed by atoms with Gasteiger partial charge in [0.05, 0.1) is 0 Å². The van der Waals surface area contributed by atoms with E-state index >= 15 is 0 Å². The van der Waals surface area contributed by atoms with Crippen LogP contribution in [-0.4, -0.2) is 10.2 Å². The molecule has 0 aliphatic rings. The van der Waals surface area contributed by atoms with E-state index in [4.69, 9.17) is 10.2 Å². The first-order valence-electron chi connectivity index (χ1n) is 2.81. The summed E-state index contributed by atoms with van der Waals surface area (Å²) < 4.78 is 0. The van der Waals surface area contributed by atoms with Gasteiger partial charge in [-0.3, -0.25) is 0 Å². The third-order valence-electron chi connectivity index (χ3n) is 1.24. The Morgan fingerprint density at radius 1 is 1.30 bits per heavy atom. The number of benzene rings is 1. The van der Waals surface area contributed by atoms with Crippen LogP contribution in [0.2, 0.25) is 0 Å². The molecule has 0 unspecified atom stereocenters. The predicted molar refractivity (Wildman–Crippen MR) is 42.4 cm³/mol. The third-order valence-corrected chi connectivity index (χ3v) is 1.85. The summed E-state index contributed by atoms with van der Waals surface area (Å²) in [6.45, 7) is 0. The average molecular weight is 203 g/mol. The van der Waals surface area contributed by atoms with Gasteiger partial charge in [0, 0.05) is 10.9 Å². The first kappa shape index (κ1) is 7.41. The zero-order valence-corrected chi connectivity index (χ0v) is 6.80. The van der Waals surface area contributed by atoms with Gasteiger partial charge >= 0.3 is 0 Å². The Labute approximate surface area is 67.3 Å². The van der Waals surface area contributed by atoms with Crippen LogP contribution >= 0.6 is 15.9 Å². The topological polar surface area (TPSA) is 40.5 Å². The van der Waals surface area contributed by atoms with Gasteiger partial charge in [-0.05, 0) is 6.07 Å². The Hall–Kier alpha value is -0.700. The fourth-order valence-corrected chi connectivity index (χ4v) is 1.14. The van der Waals surface area contributed by atoms with Crippen LogP contribution in [-0.2, 0) is 5.33 Å². The number of phenols is 2. The molecular formula is C7H7BrO2. The number of halogens is 1. The summed E-state index contributed by atoms with van der Waals surface area (Å²) >= 11 is 3.17. The lowest BCUT2D eigenvalue weighted by Crippen LogP contribution is -1.77. The normalized spacial score (nSPS) is 9.70. The van der Waals surface area contributed by atoms with Gasteiger partial charge < -0.3 is 10.2 Å². The van der Waals surface area contributed by atoms with Crippen LogP contribution in [0.1, 0.15) is 5.56 Å². The maximum atomic E-state index is 9.12. The molecule has 0 amide bonds. The minimum Gasteiger partial charge on any atom is -0.504 e. The Morgan fingerprint density at radius 3 is 2.50 bits per heavy atom. The second kappa shape index (κ2) is 2.92. The molecule has 0 bridgehead atoms. The van der Waals surface area contributed by atoms with Gasteiger partial charge in [-0.1, -0.05) is 28.1 Å². The maximum Gasteiger partial charge on any atom is 0.161 e. The van der Waals surface area contributed by atoms with Gasteiger partial charge in [-0.25, -0.2) is 0 Å². The lowest BCUT2D eigenvalue weighted by molar-refractivity contribution is 0.401. The van der Waals surface area contributed by atoms with Crippen molar-refractivity contribution in [1.29, 1.82) is 0 Å². The van der Waals surface area contributed by atoms with E-state index in [-0.39, 0.29) is 11.5 Å². The van der Waals surface area contributed by atoms with Crippen LogP contribution in [0.4, 0.5) is 0 Å². The number of hydrogen-bond donors (Lipinski definition) is 2. The summed E-state index contributed by atoms with van der Waals surface area (Å²) in [5.41, 5.74) is 0.694. The molecule has 0 aromatic heterocycles. The molecule has 0 aliphatic heterocycles. The molecular weight excluding hydrogens is 196 g/mol. The minimum atomic E-state index is -0.0723. The van der Waals surface area contributed by atoms with E-state index < -0.39 is 0 Å². The highest BCUT2D eigenvalue weighted by molar-refractivity contribution is 9.08. The van der Waals surface area contributed by atoms with Crippen LogP contribution in [0.15, 0.2) is 18.2 Å². The lowest BCUT2D eigenvalue weighted by atomic mass is 10.2. The zero-order valence-electron chi connectivity index (χ0n) is 5.21. The summed E-state index contributed by atoms with van der Waals surface area (Å²) in [6.07, 6.45) is 0. The molecule has 0 fully saturated rings. The second-order valence-electron chi connectivity index (χ2n) is 1.92. The van der Waals surface area contributed by atoms with E-state index in [1.165, 1.54) is 6.07 Å². The van der Waals surface area contributed by atoms with Crippen LogP contribution in [0, 0.1) is 0 Å². The molecule has 0 spiro atoms. The van der Waals surface area contributed by atoms with Crippen molar-refractivity contribution in [3.63, 3.8) is 0 Å². The van der Waals surface area contributed by atoms with E-state index in [1.807, 2.05) is 0 Å². The Morgan fingerprint density at radius 2 is 2.00 bits per heavy atom. The fraction of sp³-hybridized carbons (Fsp3) is 0.143. The van der Waals surface area contributed by atoms with Crippen molar-refractivity contribution in [1.82, 2.24) is 0 Å². The molecule has 0 radical (unpaired) electrons. The minimum absolute atomic E-state index is 0.0422. The average Bonchev–Trinajstić information content (AvgIpc) is 1.95. The summed E-state index contributed by atoms with van der Waals surface area (Å²) in [6, 6.07) is 4.87. The van der Waals surface area contributed by atoms with Gasteiger partial charge in [0.1, 0.15) is 0 Å². The zero-order chi connectivity index (χ0) is 7.56. The number of para-hydroxylation sites is 1. The number of rotatable bonds is 1. The van der Waals surface area contributed by atoms with Gasteiger partial charge in [0.2, 0.25) is 0 Å². The molecule has 0 atom stereocenters. The standard InChI is InChI=1S/C7H7BrO2/c8-4-5-2-1-3-6(9)7(5)10/h1-3,9-10H,4H2. The fourth-order valence-electron chi connectivity index (χ4n) is 0.686. The monoisotopic (exact) mass is 202 g/mol. The maximum absolute atomic E-state index is 9.12. The SMILES string of the molecule is Oc1cccc(CBr)c1O. The number of hydrogen-bond acceptors (Lipinski definition) is 2. The molecule has 2 N–H and O–H groups in total. The second-order valence-corrected chi connectivity index (χ2v) is 2.48. The van der Waals surface area contributed by atoms with Crippen LogP contribution in [0.3, 0.4) is 0 Å². The summed E-state index contributed by atoms with van der Waals surface area (Å²) in [5.74, 6) is -0.115. The molecule has 1 rings (SSSR count). The van der Waals surface area contributed by atoms with Gasteiger partial charge in [-0.2, -0.15) is 0 Å². The van der Waals surface area contributed by atoms with E-state index in [0.29, 0.717) is 10.9 Å². The van der Waals surface area contributed by atoms with Gasteiger partial charge in [-0.15, -0.1) is 0 Å². The Balaban J connectivity index is 3.14. The van der Waals surface area contributed by atoms with Crippen molar-refractivity contribution in [3.8, 4) is 11.5 Å². The van der Waals surface area contributed by atoms with E-state index in [0.717, 1.165) is 0 Å². The van der Waals surface area contributed by atoms with E-state index in [2.05, 4.69) is 15.9 Å². The molecule has 0 heterocycles. The molecule has 2 nitrogen and oxygen atoms in total. The molecule has 10 heavy (non-hydrogen) atoms. The van der Waals surface area contributed by atoms with Crippen molar-refractivity contribution in [2.45, 2.75) is 5.33 Å². The number of aromatic hydroxyl groups is 2. The lowest BCUT2D eigenvalue weighted by Gasteiger charge is -2.00. The highest BCUT2D eigenvalue weighted by atomic mass is 79.9. The van der Waals surface area contributed by atoms with E-state index in [9.17, 15) is 0 Å². The van der Waals surface area contributed by atoms with Gasteiger partial charge in [0.15, 0.2) is 11.5 Å². The van der Waals surface area contributed by atoms with Gasteiger partial charge in [0.25, 0.3) is 0 Å². The Kier molecular flexibility index (Phi) is 2.17. The van der Waals surface area contributed by atoms with Crippen molar-refractivity contribution in [3.05, 3.63) is 23.8 Å². The largest absolute Gasteiger partial charge is 0.504 e. The highest BCUT2D eigenvalue weighted by Gasteiger charge is 2.02. The molecule has 54 valence electrons. The van der Waals surface area contributed by atoms with E-state index in [1.54, 1.807) is 12.1 Å². The molecule has 3 heteroatoms. The van der Waals surface area contributed by atoms with Crippen molar-refractivity contribution >= 4 is 15.9 Å². The number of phenolic OH excluding ortho intramolecular Hbond substituents is 2. The predicted octanol–water partition coefficient (Wildman–Crippen LogP) is 1.99. The highest BCUT2D eigenvalue weighted by Crippen LogP contribution is 2.29. The van der Waals surface area contributed by atoms with Crippen molar-refractivity contribution in [2.75, 3.05) is 0 Å². The van der Waals surface area contributed by atoms with Crippen molar-refractivity contribution in [2.24, 2.45) is 0 Å². The van der Waals surface area contributed by atoms with Crippen LogP contribution in [0.5, 0.6) is 11.5 Å². The smallest absolute Gasteiger partial charge is 0.161 e. The Bertz CT molecular complexity index is 235. The first-order chi connectivity index (χ1) is 4.75. The number of alkyl halides is 1. The molecule has 1 aromatic carbocycles. The molecule has 0 saturated heterocycles. The van der Waals surface area contributed by atoms with Crippen LogP contribution < -0.4 is 0 Å².